The molecular weight excluding hydrogens is 304 g/mol. The van der Waals surface area contributed by atoms with Crippen molar-refractivity contribution in [2.75, 3.05) is 19.0 Å². The lowest BCUT2D eigenvalue weighted by Crippen LogP contribution is -2.14. The monoisotopic (exact) mass is 320 g/mol. The number of nitrogens with two attached hydrogens (primary N) is 1. The molecule has 0 fully saturated rings. The third-order valence-corrected chi connectivity index (χ3v) is 5.41. The second kappa shape index (κ2) is 5.61. The maximum Gasteiger partial charge on any atom is 0.208 e. The van der Waals surface area contributed by atoms with E-state index in [0.717, 1.165) is 39.5 Å². The Kier molecular flexibility index (Phi) is 3.81. The molecule has 2 heterocycles. The third-order valence-electron chi connectivity index (χ3n) is 3.27. The first-order valence-corrected chi connectivity index (χ1v) is 8.24. The highest BCUT2D eigenvalue weighted by molar-refractivity contribution is 8.01. The van der Waals surface area contributed by atoms with E-state index in [1.165, 1.54) is 28.7 Å². The quantitative estimate of drug-likeness (QED) is 0.660. The van der Waals surface area contributed by atoms with E-state index in [0.29, 0.717) is 5.56 Å². The van der Waals surface area contributed by atoms with Crippen LogP contribution in [-0.4, -0.2) is 35.1 Å². The van der Waals surface area contributed by atoms with Crippen LogP contribution in [0.3, 0.4) is 0 Å². The predicted octanol–water partition coefficient (Wildman–Crippen LogP) is 1.92. The highest BCUT2D eigenvalue weighted by Gasteiger charge is 2.19. The van der Waals surface area contributed by atoms with Gasteiger partial charge in [-0.05, 0) is 42.7 Å². The van der Waals surface area contributed by atoms with Gasteiger partial charge in [-0.15, -0.1) is 10.2 Å². The van der Waals surface area contributed by atoms with Gasteiger partial charge in [0.1, 0.15) is 10.9 Å². The molecule has 1 aliphatic carbocycles. The molecule has 8 heteroatoms. The first-order chi connectivity index (χ1) is 10.0. The molecule has 0 unspecified atom stereocenters. The Hall–Kier alpha value is -1.67. The zero-order valence-electron chi connectivity index (χ0n) is 11.9. The molecule has 2 aromatic rings. The Labute approximate surface area is 131 Å². The van der Waals surface area contributed by atoms with Crippen LogP contribution in [0.1, 0.15) is 23.2 Å². The zero-order valence-corrected chi connectivity index (χ0v) is 13.5. The maximum absolute atomic E-state index is 7.76. The first-order valence-electron chi connectivity index (χ1n) is 6.60. The highest BCUT2D eigenvalue weighted by atomic mass is 32.2. The number of nitrogens with one attached hydrogen (secondary N) is 1. The van der Waals surface area contributed by atoms with Crippen LogP contribution >= 0.6 is 23.1 Å². The second-order valence-corrected chi connectivity index (χ2v) is 7.25. The minimum absolute atomic E-state index is 0.0528. The van der Waals surface area contributed by atoms with E-state index in [-0.39, 0.29) is 5.84 Å². The molecule has 21 heavy (non-hydrogen) atoms. The Morgan fingerprint density at radius 1 is 1.38 bits per heavy atom. The lowest BCUT2D eigenvalue weighted by Gasteiger charge is -2.08. The summed E-state index contributed by atoms with van der Waals surface area (Å²) in [4.78, 5) is 6.61. The number of nitrogen functional groups attached to an aromatic ring is 1. The van der Waals surface area contributed by atoms with Gasteiger partial charge in [0.05, 0.1) is 0 Å². The molecule has 0 atom stereocenters. The predicted molar refractivity (Wildman–Crippen MR) is 85.6 cm³/mol. The van der Waals surface area contributed by atoms with Gasteiger partial charge in [-0.3, -0.25) is 5.41 Å². The standard InChI is InChI=1S/C13H16N6S2/c1-19(2)12-17-18-13(21-12)20-11-8(10(14)15)6-7-4-3-5-9(7)16-11/h6H,3-5H2,1-2H3,(H3,14,15). The van der Waals surface area contributed by atoms with E-state index < -0.39 is 0 Å². The van der Waals surface area contributed by atoms with Gasteiger partial charge in [0.2, 0.25) is 5.13 Å². The minimum Gasteiger partial charge on any atom is -0.384 e. The largest absolute Gasteiger partial charge is 0.384 e. The summed E-state index contributed by atoms with van der Waals surface area (Å²) in [5, 5.41) is 17.7. The van der Waals surface area contributed by atoms with Crippen LogP contribution < -0.4 is 10.6 Å². The molecule has 1 aliphatic rings. The summed E-state index contributed by atoms with van der Waals surface area (Å²) in [5.41, 5.74) is 8.74. The smallest absolute Gasteiger partial charge is 0.208 e. The van der Waals surface area contributed by atoms with E-state index in [1.807, 2.05) is 25.1 Å². The minimum atomic E-state index is 0.0528. The van der Waals surface area contributed by atoms with Gasteiger partial charge in [-0.2, -0.15) is 0 Å². The normalized spacial score (nSPS) is 13.2. The summed E-state index contributed by atoms with van der Waals surface area (Å²) in [6.45, 7) is 0. The van der Waals surface area contributed by atoms with Gasteiger partial charge < -0.3 is 10.6 Å². The van der Waals surface area contributed by atoms with E-state index in [9.17, 15) is 0 Å². The fourth-order valence-electron chi connectivity index (χ4n) is 2.23. The molecule has 0 saturated heterocycles. The number of aryl methyl sites for hydroxylation is 2. The van der Waals surface area contributed by atoms with Crippen molar-refractivity contribution in [3.05, 3.63) is 22.9 Å². The Morgan fingerprint density at radius 3 is 2.86 bits per heavy atom. The topological polar surface area (TPSA) is 91.8 Å². The fraction of sp³-hybridized carbons (Fsp3) is 0.385. The van der Waals surface area contributed by atoms with Gasteiger partial charge >= 0.3 is 0 Å². The molecule has 0 spiro atoms. The molecular formula is C13H16N6S2. The molecule has 110 valence electrons. The zero-order chi connectivity index (χ0) is 15.0. The Balaban J connectivity index is 1.95. The lowest BCUT2D eigenvalue weighted by molar-refractivity contribution is 0.890. The van der Waals surface area contributed by atoms with Crippen molar-refractivity contribution in [1.82, 2.24) is 15.2 Å². The van der Waals surface area contributed by atoms with Crippen molar-refractivity contribution in [3.63, 3.8) is 0 Å². The Morgan fingerprint density at radius 2 is 2.19 bits per heavy atom. The maximum atomic E-state index is 7.76. The van der Waals surface area contributed by atoms with Crippen molar-refractivity contribution >= 4 is 34.1 Å². The average molecular weight is 320 g/mol. The lowest BCUT2D eigenvalue weighted by atomic mass is 10.1. The molecule has 3 N–H and O–H groups in total. The van der Waals surface area contributed by atoms with Crippen molar-refractivity contribution in [3.8, 4) is 0 Å². The number of hydrogen-bond donors (Lipinski definition) is 2. The number of pyridine rings is 1. The summed E-state index contributed by atoms with van der Waals surface area (Å²) >= 11 is 2.94. The van der Waals surface area contributed by atoms with Crippen LogP contribution in [0.15, 0.2) is 15.4 Å². The summed E-state index contributed by atoms with van der Waals surface area (Å²) < 4.78 is 0.812. The molecule has 0 aromatic carbocycles. The van der Waals surface area contributed by atoms with Crippen molar-refractivity contribution < 1.29 is 0 Å². The van der Waals surface area contributed by atoms with Crippen LogP contribution in [0.4, 0.5) is 5.13 Å². The van der Waals surface area contributed by atoms with Gasteiger partial charge in [-0.25, -0.2) is 4.98 Å². The molecule has 6 nitrogen and oxygen atoms in total. The molecule has 0 bridgehead atoms. The second-order valence-electron chi connectivity index (χ2n) is 5.06. The number of aromatic nitrogens is 3. The van der Waals surface area contributed by atoms with Gasteiger partial charge in [-0.1, -0.05) is 11.3 Å². The summed E-state index contributed by atoms with van der Waals surface area (Å²) in [6, 6.07) is 2.01. The third kappa shape index (κ3) is 2.86. The van der Waals surface area contributed by atoms with E-state index in [4.69, 9.17) is 16.1 Å². The molecule has 0 radical (unpaired) electrons. The van der Waals surface area contributed by atoms with Crippen LogP contribution in [0.5, 0.6) is 0 Å². The average Bonchev–Trinajstić information content (AvgIpc) is 3.05. The molecule has 0 aliphatic heterocycles. The van der Waals surface area contributed by atoms with Crippen LogP contribution in [0.2, 0.25) is 0 Å². The summed E-state index contributed by atoms with van der Waals surface area (Å²) in [5.74, 6) is 0.0528. The van der Waals surface area contributed by atoms with Crippen LogP contribution in [0.25, 0.3) is 0 Å². The van der Waals surface area contributed by atoms with Crippen molar-refractivity contribution in [2.45, 2.75) is 28.6 Å². The fourth-order valence-corrected chi connectivity index (χ4v) is 4.04. The highest BCUT2D eigenvalue weighted by Crippen LogP contribution is 2.35. The number of hydrogen-bond acceptors (Lipinski definition) is 7. The van der Waals surface area contributed by atoms with Gasteiger partial charge in [0, 0.05) is 25.4 Å². The van der Waals surface area contributed by atoms with Crippen LogP contribution in [-0.2, 0) is 12.8 Å². The van der Waals surface area contributed by atoms with E-state index in [1.54, 1.807) is 0 Å². The first kappa shape index (κ1) is 14.3. The van der Waals surface area contributed by atoms with Crippen molar-refractivity contribution in [2.24, 2.45) is 5.73 Å². The SMILES string of the molecule is CN(C)c1nnc(Sc2nc3c(cc2C(=N)N)CCC3)s1. The van der Waals surface area contributed by atoms with E-state index >= 15 is 0 Å². The van der Waals surface area contributed by atoms with E-state index in [2.05, 4.69) is 10.2 Å². The Bertz CT molecular complexity index is 694. The molecule has 3 rings (SSSR count). The van der Waals surface area contributed by atoms with Gasteiger partial charge in [0.25, 0.3) is 0 Å². The number of rotatable bonds is 4. The number of amidine groups is 1. The number of fused-ring (bicyclic) bond motifs is 1. The molecule has 0 amide bonds. The van der Waals surface area contributed by atoms with Gasteiger partial charge in [0.15, 0.2) is 4.34 Å². The van der Waals surface area contributed by atoms with Crippen molar-refractivity contribution in [1.29, 1.82) is 5.41 Å². The molecule has 0 saturated carbocycles. The molecule has 2 aromatic heterocycles. The number of nitrogens with zero attached hydrogens (tertiary/aromatic N) is 4. The van der Waals surface area contributed by atoms with Crippen LogP contribution in [0, 0.1) is 5.41 Å². The summed E-state index contributed by atoms with van der Waals surface area (Å²) in [6.07, 6.45) is 3.15. The summed E-state index contributed by atoms with van der Waals surface area (Å²) in [7, 11) is 3.87. The number of anilines is 1.